The lowest BCUT2D eigenvalue weighted by molar-refractivity contribution is -0.312. The van der Waals surface area contributed by atoms with Gasteiger partial charge in [-0.1, -0.05) is 0 Å². The Labute approximate surface area is 127 Å². The number of aryl methyl sites for hydroxylation is 1. The molecule has 0 saturated heterocycles. The van der Waals surface area contributed by atoms with Crippen molar-refractivity contribution in [1.29, 1.82) is 0 Å². The first-order valence-corrected chi connectivity index (χ1v) is 6.91. The zero-order chi connectivity index (χ0) is 16.4. The van der Waals surface area contributed by atoms with E-state index in [4.69, 9.17) is 13.9 Å². The molecule has 0 amide bonds. The topological polar surface area (TPSA) is 88.8 Å². The molecule has 2 rings (SSSR count). The molecule has 1 heterocycles. The number of carboxylic acid groups (broad SMARTS) is 1. The number of carbonyl (C=O) groups excluding carboxylic acids is 2. The molecule has 0 aliphatic carbocycles. The quantitative estimate of drug-likeness (QED) is 0.783. The molecule has 6 nitrogen and oxygen atoms in total. The fraction of sp³-hybridized carbons (Fsp3) is 0.375. The Morgan fingerprint density at radius 3 is 2.50 bits per heavy atom. The molecule has 1 atom stereocenters. The summed E-state index contributed by atoms with van der Waals surface area (Å²) in [6, 6.07) is 4.75. The average molecular weight is 305 g/mol. The van der Waals surface area contributed by atoms with E-state index in [-0.39, 0.29) is 6.10 Å². The molecule has 1 aromatic heterocycles. The van der Waals surface area contributed by atoms with Crippen LogP contribution < -0.4 is 9.84 Å². The number of carboxylic acids is 1. The summed E-state index contributed by atoms with van der Waals surface area (Å²) in [5, 5.41) is 11.3. The van der Waals surface area contributed by atoms with Crippen LogP contribution in [0.5, 0.6) is 5.75 Å². The van der Waals surface area contributed by atoms with E-state index in [2.05, 4.69) is 0 Å². The number of esters is 1. The molecule has 0 radical (unpaired) electrons. The predicted octanol–water partition coefficient (Wildman–Crippen LogP) is 1.82. The van der Waals surface area contributed by atoms with Crippen LogP contribution in [0.2, 0.25) is 0 Å². The maximum atomic E-state index is 12.2. The van der Waals surface area contributed by atoms with Gasteiger partial charge < -0.3 is 23.8 Å². The van der Waals surface area contributed by atoms with Crippen molar-refractivity contribution < 1.29 is 28.6 Å². The van der Waals surface area contributed by atoms with Gasteiger partial charge in [-0.15, -0.1) is 0 Å². The molecule has 0 bridgehead atoms. The Morgan fingerprint density at radius 1 is 1.23 bits per heavy atom. The van der Waals surface area contributed by atoms with E-state index in [0.717, 1.165) is 0 Å². The second-order valence-electron chi connectivity index (χ2n) is 5.22. The SMILES string of the molecule is Cc1oc2ccc(O[C@@H](C)C(=O)[O-])cc2c1C(=O)OC(C)C. The van der Waals surface area contributed by atoms with Crippen LogP contribution >= 0.6 is 0 Å². The molecule has 0 saturated carbocycles. The highest BCUT2D eigenvalue weighted by molar-refractivity contribution is 6.05. The lowest BCUT2D eigenvalue weighted by atomic mass is 10.1. The van der Waals surface area contributed by atoms with Gasteiger partial charge in [0.05, 0.1) is 12.1 Å². The first-order valence-electron chi connectivity index (χ1n) is 6.91. The van der Waals surface area contributed by atoms with Crippen LogP contribution in [0.1, 0.15) is 36.9 Å². The van der Waals surface area contributed by atoms with Crippen LogP contribution in [0.3, 0.4) is 0 Å². The number of aliphatic carboxylic acids is 1. The highest BCUT2D eigenvalue weighted by Crippen LogP contribution is 2.30. The largest absolute Gasteiger partial charge is 0.546 e. The van der Waals surface area contributed by atoms with Gasteiger partial charge in [-0.25, -0.2) is 4.79 Å². The van der Waals surface area contributed by atoms with Crippen LogP contribution in [0.15, 0.2) is 22.6 Å². The molecule has 0 aliphatic rings. The van der Waals surface area contributed by atoms with Gasteiger partial charge in [0.2, 0.25) is 0 Å². The molecule has 2 aromatic rings. The Hall–Kier alpha value is -2.50. The Kier molecular flexibility index (Phi) is 4.40. The van der Waals surface area contributed by atoms with E-state index in [1.54, 1.807) is 39.0 Å². The van der Waals surface area contributed by atoms with E-state index in [0.29, 0.717) is 28.0 Å². The molecule has 6 heteroatoms. The third-order valence-corrected chi connectivity index (χ3v) is 3.03. The first-order chi connectivity index (χ1) is 10.3. The van der Waals surface area contributed by atoms with Crippen molar-refractivity contribution in [3.63, 3.8) is 0 Å². The number of fused-ring (bicyclic) bond motifs is 1. The van der Waals surface area contributed by atoms with E-state index in [9.17, 15) is 14.7 Å². The number of hydrogen-bond donors (Lipinski definition) is 0. The van der Waals surface area contributed by atoms with Crippen molar-refractivity contribution in [3.05, 3.63) is 29.5 Å². The number of hydrogen-bond acceptors (Lipinski definition) is 6. The van der Waals surface area contributed by atoms with Crippen molar-refractivity contribution in [2.75, 3.05) is 0 Å². The van der Waals surface area contributed by atoms with Crippen LogP contribution in [-0.4, -0.2) is 24.1 Å². The normalized spacial score (nSPS) is 12.4. The summed E-state index contributed by atoms with van der Waals surface area (Å²) in [5.41, 5.74) is 0.817. The third-order valence-electron chi connectivity index (χ3n) is 3.03. The summed E-state index contributed by atoms with van der Waals surface area (Å²) in [4.78, 5) is 22.9. The van der Waals surface area contributed by atoms with Crippen molar-refractivity contribution in [2.45, 2.75) is 39.9 Å². The predicted molar refractivity (Wildman–Crippen MR) is 76.6 cm³/mol. The highest BCUT2D eigenvalue weighted by Gasteiger charge is 2.21. The highest BCUT2D eigenvalue weighted by atomic mass is 16.5. The molecule has 1 aromatic carbocycles. The zero-order valence-corrected chi connectivity index (χ0v) is 12.8. The minimum Gasteiger partial charge on any atom is -0.546 e. The molecule has 22 heavy (non-hydrogen) atoms. The van der Waals surface area contributed by atoms with Crippen molar-refractivity contribution in [3.8, 4) is 5.75 Å². The molecule has 118 valence electrons. The molecule has 0 unspecified atom stereocenters. The lowest BCUT2D eigenvalue weighted by Crippen LogP contribution is -2.37. The van der Waals surface area contributed by atoms with Crippen LogP contribution in [0.4, 0.5) is 0 Å². The van der Waals surface area contributed by atoms with Crippen molar-refractivity contribution in [2.24, 2.45) is 0 Å². The van der Waals surface area contributed by atoms with Crippen LogP contribution in [-0.2, 0) is 9.53 Å². The van der Waals surface area contributed by atoms with E-state index in [1.807, 2.05) is 0 Å². The van der Waals surface area contributed by atoms with Gasteiger partial charge in [0, 0.05) is 5.39 Å². The number of carbonyl (C=O) groups is 2. The summed E-state index contributed by atoms with van der Waals surface area (Å²) < 4.78 is 16.0. The smallest absolute Gasteiger partial charge is 0.342 e. The van der Waals surface area contributed by atoms with E-state index in [1.165, 1.54) is 6.92 Å². The number of rotatable bonds is 5. The molecule has 0 spiro atoms. The third kappa shape index (κ3) is 3.21. The van der Waals surface area contributed by atoms with Gasteiger partial charge in [-0.2, -0.15) is 0 Å². The summed E-state index contributed by atoms with van der Waals surface area (Å²) >= 11 is 0. The van der Waals surface area contributed by atoms with E-state index >= 15 is 0 Å². The Bertz CT molecular complexity index is 713. The molecule has 0 fully saturated rings. The number of ether oxygens (including phenoxy) is 2. The second-order valence-corrected chi connectivity index (χ2v) is 5.22. The molecular weight excluding hydrogens is 288 g/mol. The van der Waals surface area contributed by atoms with Crippen molar-refractivity contribution >= 4 is 22.9 Å². The number of benzene rings is 1. The molecular formula is C16H17O6-. The summed E-state index contributed by atoms with van der Waals surface area (Å²) in [5.74, 6) is -1.06. The fourth-order valence-electron chi connectivity index (χ4n) is 2.05. The van der Waals surface area contributed by atoms with Gasteiger partial charge in [0.25, 0.3) is 0 Å². The monoisotopic (exact) mass is 305 g/mol. The summed E-state index contributed by atoms with van der Waals surface area (Å²) in [6.07, 6.45) is -1.36. The molecule has 0 aliphatic heterocycles. The minimum absolute atomic E-state index is 0.255. The van der Waals surface area contributed by atoms with Crippen LogP contribution in [0.25, 0.3) is 11.0 Å². The standard InChI is InChI=1S/C16H18O6/c1-8(2)20-16(19)14-9(3)22-13-6-5-11(7-12(13)14)21-10(4)15(17)18/h5-8,10H,1-4H3,(H,17,18)/p-1/t10-/m0/s1. The lowest BCUT2D eigenvalue weighted by Gasteiger charge is -2.15. The van der Waals surface area contributed by atoms with Gasteiger partial charge >= 0.3 is 5.97 Å². The number of furan rings is 1. The van der Waals surface area contributed by atoms with E-state index < -0.39 is 18.0 Å². The summed E-state index contributed by atoms with van der Waals surface area (Å²) in [7, 11) is 0. The first kappa shape index (κ1) is 15.9. The zero-order valence-electron chi connectivity index (χ0n) is 12.8. The molecule has 0 N–H and O–H groups in total. The second kappa shape index (κ2) is 6.09. The van der Waals surface area contributed by atoms with Crippen molar-refractivity contribution in [1.82, 2.24) is 0 Å². The van der Waals surface area contributed by atoms with Gasteiger partial charge in [-0.05, 0) is 45.9 Å². The average Bonchev–Trinajstić information content (AvgIpc) is 2.73. The fourth-order valence-corrected chi connectivity index (χ4v) is 2.05. The maximum Gasteiger partial charge on any atom is 0.342 e. The Balaban J connectivity index is 2.42. The maximum absolute atomic E-state index is 12.2. The van der Waals surface area contributed by atoms with Crippen LogP contribution in [0, 0.1) is 6.92 Å². The minimum atomic E-state index is -1.32. The van der Waals surface area contributed by atoms with Gasteiger partial charge in [-0.3, -0.25) is 0 Å². The summed E-state index contributed by atoms with van der Waals surface area (Å²) in [6.45, 7) is 6.55. The Morgan fingerprint density at radius 2 is 1.91 bits per heavy atom. The van der Waals surface area contributed by atoms with Gasteiger partial charge in [0.1, 0.15) is 28.8 Å². The van der Waals surface area contributed by atoms with Gasteiger partial charge in [0.15, 0.2) is 0 Å².